The zero-order valence-electron chi connectivity index (χ0n) is 24.7. The van der Waals surface area contributed by atoms with Crippen LogP contribution in [0.25, 0.3) is 93.6 Å². The molecule has 4 aromatic heterocycles. The second-order valence-corrected chi connectivity index (χ2v) is 12.2. The summed E-state index contributed by atoms with van der Waals surface area (Å²) in [5.41, 5.74) is 12.3. The Kier molecular flexibility index (Phi) is 4.55. The number of aromatic nitrogens is 3. The Morgan fingerprint density at radius 2 is 0.826 bits per heavy atom. The predicted octanol–water partition coefficient (Wildman–Crippen LogP) is 11.2. The van der Waals surface area contributed by atoms with Crippen LogP contribution in [0.1, 0.15) is 0 Å². The molecule has 46 heavy (non-hydrogen) atoms. The van der Waals surface area contributed by atoms with Crippen LogP contribution in [0.2, 0.25) is 0 Å². The van der Waals surface area contributed by atoms with Crippen LogP contribution in [-0.2, 0) is 0 Å². The molecule has 11 aromatic rings. The zero-order chi connectivity index (χ0) is 29.9. The minimum atomic E-state index is 0.907. The van der Waals surface area contributed by atoms with Gasteiger partial charge in [-0.25, -0.2) is 0 Å². The highest BCUT2D eigenvalue weighted by atomic mass is 16.3. The van der Waals surface area contributed by atoms with Crippen molar-refractivity contribution in [2.75, 3.05) is 0 Å². The second kappa shape index (κ2) is 8.68. The van der Waals surface area contributed by atoms with E-state index < -0.39 is 0 Å². The Hall–Kier alpha value is -6.26. The Morgan fingerprint density at radius 3 is 1.59 bits per heavy atom. The van der Waals surface area contributed by atoms with E-state index in [4.69, 9.17) is 4.42 Å². The van der Waals surface area contributed by atoms with Gasteiger partial charge in [0.25, 0.3) is 0 Å². The fraction of sp³-hybridized carbons (Fsp3) is 0. The van der Waals surface area contributed by atoms with Gasteiger partial charge in [0.15, 0.2) is 0 Å². The highest BCUT2D eigenvalue weighted by molar-refractivity contribution is 6.34. The van der Waals surface area contributed by atoms with Crippen molar-refractivity contribution >= 4 is 76.6 Å². The Morgan fingerprint density at radius 1 is 0.304 bits per heavy atom. The Balaban J connectivity index is 1.31. The zero-order valence-corrected chi connectivity index (χ0v) is 24.7. The number of hydrogen-bond acceptors (Lipinski definition) is 1. The molecular weight excluding hydrogens is 562 g/mol. The molecule has 0 saturated heterocycles. The molecule has 0 radical (unpaired) electrons. The maximum absolute atomic E-state index is 6.53. The first-order valence-corrected chi connectivity index (χ1v) is 15.7. The van der Waals surface area contributed by atoms with E-state index >= 15 is 0 Å². The topological polar surface area (TPSA) is 27.9 Å². The lowest BCUT2D eigenvalue weighted by Gasteiger charge is -2.13. The van der Waals surface area contributed by atoms with E-state index in [0.717, 1.165) is 39.1 Å². The molecular formula is C42H25N3O. The lowest BCUT2D eigenvalue weighted by Crippen LogP contribution is -1.98. The van der Waals surface area contributed by atoms with Gasteiger partial charge in [0.2, 0.25) is 0 Å². The standard InChI is InChI=1S/C42H25N3O/c1-3-11-26(12-4-1)43-31-16-8-7-15-29(31)30-25-28(21-22-32(30)43)45-34-18-9-17-33-39(34)41-36(45)23-24-38-42(41)40-35(19-10-20-37(40)46-38)44(33)27-13-5-2-6-14-27/h1-25H. The number of hydrogen-bond donors (Lipinski definition) is 0. The fourth-order valence-electron chi connectivity index (χ4n) is 8.01. The van der Waals surface area contributed by atoms with Crippen molar-refractivity contribution < 1.29 is 4.42 Å². The highest BCUT2D eigenvalue weighted by Crippen LogP contribution is 2.46. The molecule has 0 bridgehead atoms. The lowest BCUT2D eigenvalue weighted by atomic mass is 10.1. The molecule has 0 N–H and O–H groups in total. The molecule has 0 atom stereocenters. The van der Waals surface area contributed by atoms with Crippen molar-refractivity contribution in [3.8, 4) is 17.1 Å². The molecule has 11 rings (SSSR count). The predicted molar refractivity (Wildman–Crippen MR) is 190 cm³/mol. The molecule has 0 spiro atoms. The van der Waals surface area contributed by atoms with Crippen LogP contribution >= 0.6 is 0 Å². The number of furan rings is 1. The lowest BCUT2D eigenvalue weighted by molar-refractivity contribution is 0.669. The number of fused-ring (bicyclic) bond motifs is 3. The van der Waals surface area contributed by atoms with Gasteiger partial charge in [-0.1, -0.05) is 66.7 Å². The molecule has 214 valence electrons. The molecule has 0 fully saturated rings. The summed E-state index contributed by atoms with van der Waals surface area (Å²) in [7, 11) is 0. The molecule has 0 aliphatic rings. The normalized spacial score (nSPS) is 12.3. The van der Waals surface area contributed by atoms with Crippen LogP contribution in [0.15, 0.2) is 156 Å². The van der Waals surface area contributed by atoms with Crippen molar-refractivity contribution in [3.05, 3.63) is 152 Å². The van der Waals surface area contributed by atoms with Gasteiger partial charge < -0.3 is 18.1 Å². The van der Waals surface area contributed by atoms with Gasteiger partial charge in [0, 0.05) is 44.0 Å². The van der Waals surface area contributed by atoms with E-state index in [-0.39, 0.29) is 0 Å². The second-order valence-electron chi connectivity index (χ2n) is 12.2. The van der Waals surface area contributed by atoms with Crippen LogP contribution in [0.3, 0.4) is 0 Å². The van der Waals surface area contributed by atoms with Crippen LogP contribution in [0, 0.1) is 0 Å². The molecule has 0 amide bonds. The van der Waals surface area contributed by atoms with Crippen LogP contribution in [-0.4, -0.2) is 13.7 Å². The molecule has 0 aliphatic heterocycles. The van der Waals surface area contributed by atoms with Crippen molar-refractivity contribution in [1.29, 1.82) is 0 Å². The first-order chi connectivity index (χ1) is 22.8. The van der Waals surface area contributed by atoms with E-state index in [2.05, 4.69) is 165 Å². The number of nitrogens with zero attached hydrogens (tertiary/aromatic N) is 3. The third-order valence-corrected chi connectivity index (χ3v) is 9.80. The summed E-state index contributed by atoms with van der Waals surface area (Å²) >= 11 is 0. The molecule has 0 aliphatic carbocycles. The Labute approximate surface area is 262 Å². The van der Waals surface area contributed by atoms with Crippen molar-refractivity contribution in [3.63, 3.8) is 0 Å². The molecule has 7 aromatic carbocycles. The summed E-state index contributed by atoms with van der Waals surface area (Å²) in [6.45, 7) is 0. The summed E-state index contributed by atoms with van der Waals surface area (Å²) in [6.07, 6.45) is 0. The quantitative estimate of drug-likeness (QED) is 0.202. The van der Waals surface area contributed by atoms with E-state index in [1.54, 1.807) is 0 Å². The average Bonchev–Trinajstić information content (AvgIpc) is 3.74. The third kappa shape index (κ3) is 2.98. The third-order valence-electron chi connectivity index (χ3n) is 9.80. The van der Waals surface area contributed by atoms with E-state index in [0.29, 0.717) is 0 Å². The minimum absolute atomic E-state index is 0.907. The minimum Gasteiger partial charge on any atom is -0.456 e. The average molecular weight is 588 g/mol. The van der Waals surface area contributed by atoms with Gasteiger partial charge in [0.05, 0.1) is 38.5 Å². The molecule has 4 heterocycles. The Bertz CT molecular complexity index is 2950. The monoisotopic (exact) mass is 587 g/mol. The van der Waals surface area contributed by atoms with Crippen molar-refractivity contribution in [2.45, 2.75) is 0 Å². The van der Waals surface area contributed by atoms with Gasteiger partial charge in [0.1, 0.15) is 11.2 Å². The summed E-state index contributed by atoms with van der Waals surface area (Å²) in [5.74, 6) is 0. The van der Waals surface area contributed by atoms with Gasteiger partial charge >= 0.3 is 0 Å². The van der Waals surface area contributed by atoms with Gasteiger partial charge in [-0.2, -0.15) is 0 Å². The number of benzene rings is 7. The molecule has 0 saturated carbocycles. The van der Waals surface area contributed by atoms with E-state index in [9.17, 15) is 0 Å². The number of para-hydroxylation sites is 3. The van der Waals surface area contributed by atoms with Crippen LogP contribution < -0.4 is 0 Å². The highest BCUT2D eigenvalue weighted by Gasteiger charge is 2.24. The summed E-state index contributed by atoms with van der Waals surface area (Å²) in [6, 6.07) is 54.5. The first kappa shape index (κ1) is 24.1. The van der Waals surface area contributed by atoms with E-state index in [1.807, 2.05) is 0 Å². The summed E-state index contributed by atoms with van der Waals surface area (Å²) < 4.78 is 13.7. The summed E-state index contributed by atoms with van der Waals surface area (Å²) in [4.78, 5) is 0. The largest absolute Gasteiger partial charge is 0.456 e. The van der Waals surface area contributed by atoms with Gasteiger partial charge in [-0.15, -0.1) is 0 Å². The molecule has 4 nitrogen and oxygen atoms in total. The van der Waals surface area contributed by atoms with Crippen molar-refractivity contribution in [2.24, 2.45) is 0 Å². The smallest absolute Gasteiger partial charge is 0.137 e. The van der Waals surface area contributed by atoms with Crippen LogP contribution in [0.4, 0.5) is 0 Å². The van der Waals surface area contributed by atoms with Gasteiger partial charge in [-0.3, -0.25) is 0 Å². The molecule has 4 heteroatoms. The maximum Gasteiger partial charge on any atom is 0.137 e. The maximum atomic E-state index is 6.53. The number of rotatable bonds is 3. The van der Waals surface area contributed by atoms with Gasteiger partial charge in [-0.05, 0) is 84.9 Å². The van der Waals surface area contributed by atoms with Crippen LogP contribution in [0.5, 0.6) is 0 Å². The molecule has 0 unspecified atom stereocenters. The first-order valence-electron chi connectivity index (χ1n) is 15.7. The SMILES string of the molecule is c1ccc(-n2c3ccccc3c3cc(-n4c5ccc6oc7cccc8c7c6c5c5c(cccc54)n8-c4ccccc4)ccc32)cc1. The van der Waals surface area contributed by atoms with Crippen molar-refractivity contribution in [1.82, 2.24) is 13.7 Å². The summed E-state index contributed by atoms with van der Waals surface area (Å²) in [5, 5.41) is 7.28. The van der Waals surface area contributed by atoms with E-state index in [1.165, 1.54) is 54.5 Å². The fourth-order valence-corrected chi connectivity index (χ4v) is 8.01.